The molecule has 0 aliphatic carbocycles. The molecule has 71 heavy (non-hydrogen) atoms. The minimum Gasteiger partial charge on any atom is -0.477 e. The first kappa shape index (κ1) is 46.7. The Morgan fingerprint density at radius 2 is 1.23 bits per heavy atom. The Bertz CT molecular complexity index is 3100. The Hall–Kier alpha value is -7.97. The van der Waals surface area contributed by atoms with Crippen LogP contribution in [0.1, 0.15) is 62.5 Å². The van der Waals surface area contributed by atoms with Crippen LogP contribution in [0.2, 0.25) is 4.34 Å². The summed E-state index contributed by atoms with van der Waals surface area (Å²) in [6.07, 6.45) is 4.30. The predicted octanol–water partition coefficient (Wildman–Crippen LogP) is 11.2. The Labute approximate surface area is 423 Å². The van der Waals surface area contributed by atoms with Crippen molar-refractivity contribution in [3.05, 3.63) is 259 Å². The number of nitrogens with zero attached hydrogens (tertiary/aromatic N) is 4. The van der Waals surface area contributed by atoms with Gasteiger partial charge in [-0.25, -0.2) is 14.8 Å². The quantitative estimate of drug-likeness (QED) is 0.0375. The summed E-state index contributed by atoms with van der Waals surface area (Å²) in [5, 5.41) is 22.3. The van der Waals surface area contributed by atoms with Gasteiger partial charge in [0.2, 0.25) is 5.60 Å². The van der Waals surface area contributed by atoms with E-state index in [0.29, 0.717) is 23.5 Å². The van der Waals surface area contributed by atoms with Gasteiger partial charge in [0, 0.05) is 21.6 Å². The summed E-state index contributed by atoms with van der Waals surface area (Å²) in [4.78, 5) is 60.7. The van der Waals surface area contributed by atoms with Crippen LogP contribution in [-0.4, -0.2) is 55.6 Å². The highest BCUT2D eigenvalue weighted by atomic mass is 35.5. The Kier molecular flexibility index (Phi) is 13.3. The van der Waals surface area contributed by atoms with Crippen LogP contribution in [-0.2, 0) is 30.4 Å². The molecule has 8 aromatic rings. The monoisotopic (exact) mass is 992 g/mol. The van der Waals surface area contributed by atoms with E-state index in [-0.39, 0.29) is 21.4 Å². The van der Waals surface area contributed by atoms with E-state index in [0.717, 1.165) is 55.3 Å². The molecule has 3 N–H and O–H groups in total. The number of fused-ring (bicyclic) bond motifs is 1. The lowest BCUT2D eigenvalue weighted by Gasteiger charge is -2.50. The molecule has 0 unspecified atom stereocenters. The van der Waals surface area contributed by atoms with Crippen LogP contribution in [0.25, 0.3) is 6.08 Å². The number of carboxylic acid groups (broad SMARTS) is 1. The number of oxime groups is 1. The number of allylic oxidation sites excluding steroid dienone is 2. The number of carboxylic acids is 1. The van der Waals surface area contributed by atoms with Crippen LogP contribution in [0, 0.1) is 6.92 Å². The zero-order chi connectivity index (χ0) is 49.0. The first-order chi connectivity index (χ1) is 34.7. The van der Waals surface area contributed by atoms with Gasteiger partial charge in [-0.1, -0.05) is 216 Å². The van der Waals surface area contributed by atoms with Crippen molar-refractivity contribution in [1.82, 2.24) is 20.2 Å². The molecule has 2 atom stereocenters. The van der Waals surface area contributed by atoms with Crippen molar-refractivity contribution in [1.29, 1.82) is 0 Å². The van der Waals surface area contributed by atoms with Crippen molar-refractivity contribution in [2.75, 3.05) is 5.32 Å². The van der Waals surface area contributed by atoms with Crippen molar-refractivity contribution < 1.29 is 24.3 Å². The molecule has 11 nitrogen and oxygen atoms in total. The summed E-state index contributed by atoms with van der Waals surface area (Å²) in [6, 6.07) is 57.1. The summed E-state index contributed by atoms with van der Waals surface area (Å²) >= 11 is 9.83. The molecule has 2 aliphatic rings. The van der Waals surface area contributed by atoms with Crippen LogP contribution in [0.3, 0.4) is 0 Å². The molecule has 0 saturated carbocycles. The third-order valence-electron chi connectivity index (χ3n) is 12.9. The third kappa shape index (κ3) is 8.84. The van der Waals surface area contributed by atoms with E-state index in [1.165, 1.54) is 16.2 Å². The zero-order valence-corrected chi connectivity index (χ0v) is 40.6. The molecule has 0 spiro atoms. The van der Waals surface area contributed by atoms with Crippen molar-refractivity contribution in [3.8, 4) is 0 Å². The maximum Gasteiger partial charge on any atom is 0.352 e. The number of anilines is 1. The second-order valence-corrected chi connectivity index (χ2v) is 19.5. The fourth-order valence-electron chi connectivity index (χ4n) is 9.54. The molecule has 352 valence electrons. The van der Waals surface area contributed by atoms with Crippen molar-refractivity contribution in [2.24, 2.45) is 5.16 Å². The van der Waals surface area contributed by atoms with Gasteiger partial charge in [0.05, 0.1) is 17.2 Å². The fourth-order valence-corrected chi connectivity index (χ4v) is 11.3. The summed E-state index contributed by atoms with van der Waals surface area (Å²) in [7, 11) is 0. The summed E-state index contributed by atoms with van der Waals surface area (Å²) in [5.41, 5.74) is 5.17. The van der Waals surface area contributed by atoms with E-state index in [2.05, 4.69) is 15.6 Å². The number of β-lactam (4-membered cyclic amide) rings is 1. The minimum absolute atomic E-state index is 0.00649. The van der Waals surface area contributed by atoms with Gasteiger partial charge in [0.15, 0.2) is 10.8 Å². The SMILES string of the molecule is Cc1ncsc1/C=C\C1=C(C(=O)O)N2C(=O)[C@@H](NC(=O)/C(=N\OC(c3ccccc3)(c3ccccc3)c3ccccc3)c3nc(NC(c4ccccc4)(c4ccccc4)c4ccccc4)sc3Cl)[C@H]2CC1. The first-order valence-corrected chi connectivity index (χ1v) is 25.0. The molecule has 2 aromatic heterocycles. The van der Waals surface area contributed by atoms with E-state index in [1.54, 1.807) is 11.6 Å². The number of rotatable bonds is 16. The first-order valence-electron chi connectivity index (χ1n) is 22.9. The molecule has 0 bridgehead atoms. The average Bonchev–Trinajstić information content (AvgIpc) is 4.01. The molecular formula is C57H45ClN6O5S2. The number of aryl methyl sites for hydroxylation is 1. The zero-order valence-electron chi connectivity index (χ0n) is 38.2. The van der Waals surface area contributed by atoms with E-state index < -0.39 is 41.0 Å². The van der Waals surface area contributed by atoms with Crippen LogP contribution >= 0.6 is 34.3 Å². The topological polar surface area (TPSA) is 146 Å². The number of halogens is 1. The second kappa shape index (κ2) is 20.2. The molecule has 2 aliphatic heterocycles. The highest BCUT2D eigenvalue weighted by molar-refractivity contribution is 7.20. The summed E-state index contributed by atoms with van der Waals surface area (Å²) < 4.78 is 0.126. The molecule has 1 fully saturated rings. The number of hydrogen-bond acceptors (Lipinski definition) is 10. The van der Waals surface area contributed by atoms with Gasteiger partial charge in [0.25, 0.3) is 11.8 Å². The van der Waals surface area contributed by atoms with E-state index in [9.17, 15) is 14.7 Å². The van der Waals surface area contributed by atoms with Crippen LogP contribution < -0.4 is 10.6 Å². The highest BCUT2D eigenvalue weighted by Gasteiger charge is 2.54. The minimum atomic E-state index is -1.41. The number of hydrogen-bond donors (Lipinski definition) is 3. The normalized spacial score (nSPS) is 16.1. The smallest absolute Gasteiger partial charge is 0.352 e. The molecule has 10 rings (SSSR count). The van der Waals surface area contributed by atoms with E-state index >= 15 is 4.79 Å². The van der Waals surface area contributed by atoms with E-state index in [4.69, 9.17) is 26.6 Å². The predicted molar refractivity (Wildman–Crippen MR) is 279 cm³/mol. The van der Waals surface area contributed by atoms with E-state index in [1.807, 2.05) is 195 Å². The van der Waals surface area contributed by atoms with Gasteiger partial charge in [-0.15, -0.1) is 11.3 Å². The van der Waals surface area contributed by atoms with Crippen molar-refractivity contribution in [3.63, 3.8) is 0 Å². The number of thiazole rings is 2. The lowest BCUT2D eigenvalue weighted by molar-refractivity contribution is -0.155. The Morgan fingerprint density at radius 3 is 1.68 bits per heavy atom. The Balaban J connectivity index is 1.08. The third-order valence-corrected chi connectivity index (χ3v) is 15.0. The van der Waals surface area contributed by atoms with Gasteiger partial charge in [-0.3, -0.25) is 14.5 Å². The number of aromatic nitrogens is 2. The standard InChI is InChI=1S/C57H45ClN6O5S2/c1-37-46(70-36-59-37)35-33-38-32-34-45-47(53(66)64(45)50(38)54(67)68)60-52(65)49(63-69-57(42-26-14-5-15-27-42,43-28-16-6-17-29-43)44-30-18-7-19-31-44)48-51(58)71-55(61-48)62-56(39-20-8-2-9-21-39,40-22-10-3-11-23-40)41-24-12-4-13-25-41/h2-31,33,35-36,45,47H,32,34H2,1H3,(H,60,65)(H,61,62)(H,67,68)/b35-33-,63-49-/t45-,47+/m1/s1. The summed E-state index contributed by atoms with van der Waals surface area (Å²) in [6.45, 7) is 1.88. The molecule has 6 aromatic carbocycles. The molecule has 1 saturated heterocycles. The number of amides is 2. The van der Waals surface area contributed by atoms with Crippen LogP contribution in [0.15, 0.2) is 210 Å². The maximum absolute atomic E-state index is 15.2. The highest BCUT2D eigenvalue weighted by Crippen LogP contribution is 2.44. The number of aliphatic carboxylic acids is 1. The molecule has 0 radical (unpaired) electrons. The lowest BCUT2D eigenvalue weighted by Crippen LogP contribution is -2.72. The van der Waals surface area contributed by atoms with Crippen molar-refractivity contribution >= 4 is 69.0 Å². The summed E-state index contributed by atoms with van der Waals surface area (Å²) in [5.74, 6) is -2.61. The van der Waals surface area contributed by atoms with Gasteiger partial charge >= 0.3 is 5.97 Å². The average molecular weight is 994 g/mol. The Morgan fingerprint density at radius 1 is 0.746 bits per heavy atom. The lowest BCUT2D eigenvalue weighted by atomic mass is 9.77. The second-order valence-electron chi connectivity index (χ2n) is 17.0. The fraction of sp³-hybridized carbons (Fsp3) is 0.123. The molecule has 2 amide bonds. The number of carbonyl (C=O) groups is 3. The number of benzene rings is 6. The maximum atomic E-state index is 15.2. The largest absolute Gasteiger partial charge is 0.477 e. The van der Waals surface area contributed by atoms with Gasteiger partial charge < -0.3 is 20.6 Å². The van der Waals surface area contributed by atoms with Crippen LogP contribution in [0.4, 0.5) is 5.13 Å². The van der Waals surface area contributed by atoms with Crippen molar-refractivity contribution in [2.45, 2.75) is 43.0 Å². The van der Waals surface area contributed by atoms with Crippen LogP contribution in [0.5, 0.6) is 0 Å². The number of nitrogens with one attached hydrogen (secondary N) is 2. The van der Waals surface area contributed by atoms with Gasteiger partial charge in [-0.2, -0.15) is 0 Å². The molecule has 4 heterocycles. The van der Waals surface area contributed by atoms with Gasteiger partial charge in [-0.05, 0) is 48.1 Å². The number of carbonyl (C=O) groups excluding carboxylic acids is 2. The van der Waals surface area contributed by atoms with Gasteiger partial charge in [0.1, 0.15) is 27.3 Å². The molecule has 14 heteroatoms. The molecular weight excluding hydrogens is 948 g/mol.